The Kier molecular flexibility index (Phi) is 3.88. The van der Waals surface area contributed by atoms with Crippen molar-refractivity contribution in [3.63, 3.8) is 0 Å². The molecule has 10 heteroatoms. The van der Waals surface area contributed by atoms with E-state index in [1.165, 1.54) is 0 Å². The monoisotopic (exact) mass is 351 g/mol. The van der Waals surface area contributed by atoms with Gasteiger partial charge in [-0.3, -0.25) is 4.28 Å². The van der Waals surface area contributed by atoms with Crippen LogP contribution in [0.5, 0.6) is 0 Å². The normalized spacial score (nSPS) is 40.1. The third-order valence-electron chi connectivity index (χ3n) is 3.61. The van der Waals surface area contributed by atoms with E-state index in [1.54, 1.807) is 27.7 Å². The summed E-state index contributed by atoms with van der Waals surface area (Å²) in [5, 5.41) is 3.58. The average molecular weight is 351 g/mol. The fourth-order valence-corrected chi connectivity index (χ4v) is 3.02. The zero-order chi connectivity index (χ0) is 17.0. The highest BCUT2D eigenvalue weighted by Gasteiger charge is 2.58. The number of fused-ring (bicyclic) bond motifs is 3. The van der Waals surface area contributed by atoms with Crippen LogP contribution in [0.15, 0.2) is 5.16 Å². The third kappa shape index (κ3) is 3.61. The zero-order valence-corrected chi connectivity index (χ0v) is 14.5. The molecule has 9 nitrogen and oxygen atoms in total. The van der Waals surface area contributed by atoms with Gasteiger partial charge in [0.05, 0.1) is 12.9 Å². The second kappa shape index (κ2) is 5.28. The van der Waals surface area contributed by atoms with Crippen molar-refractivity contribution in [3.05, 3.63) is 0 Å². The van der Waals surface area contributed by atoms with Gasteiger partial charge in [-0.05, 0) is 32.9 Å². The summed E-state index contributed by atoms with van der Waals surface area (Å²) in [6.45, 7) is 7.35. The van der Waals surface area contributed by atoms with E-state index in [9.17, 15) is 8.42 Å². The Hall–Kier alpha value is -0.940. The van der Waals surface area contributed by atoms with Gasteiger partial charge in [0.15, 0.2) is 23.8 Å². The number of hydrogen-bond acceptors (Lipinski definition) is 9. The third-order valence-corrected chi connectivity index (χ3v) is 3.96. The van der Waals surface area contributed by atoms with Crippen LogP contribution in [0.3, 0.4) is 0 Å². The summed E-state index contributed by atoms with van der Waals surface area (Å²) in [6.07, 6.45) is -1.26. The molecule has 0 amide bonds. The maximum atomic E-state index is 11.2. The Bertz CT molecular complexity index is 613. The first-order valence-electron chi connectivity index (χ1n) is 7.26. The molecule has 0 aliphatic carbocycles. The summed E-state index contributed by atoms with van der Waals surface area (Å²) in [5.41, 5.74) is 0. The lowest BCUT2D eigenvalue weighted by Gasteiger charge is -2.46. The molecule has 0 radical (unpaired) electrons. The fourth-order valence-electron chi connectivity index (χ4n) is 2.82. The summed E-state index contributed by atoms with van der Waals surface area (Å²) >= 11 is 0. The van der Waals surface area contributed by atoms with Crippen molar-refractivity contribution < 1.29 is 36.4 Å². The van der Waals surface area contributed by atoms with E-state index in [0.717, 1.165) is 6.26 Å². The molecule has 23 heavy (non-hydrogen) atoms. The van der Waals surface area contributed by atoms with E-state index in [1.807, 2.05) is 0 Å². The molecular weight excluding hydrogens is 330 g/mol. The molecule has 0 aromatic heterocycles. The number of oxime groups is 1. The highest BCUT2D eigenvalue weighted by Crippen LogP contribution is 2.40. The molecule has 0 N–H and O–H groups in total. The molecule has 0 aromatic carbocycles. The van der Waals surface area contributed by atoms with Crippen LogP contribution in [0.4, 0.5) is 0 Å². The molecule has 0 bridgehead atoms. The predicted octanol–water partition coefficient (Wildman–Crippen LogP) is 0.346. The van der Waals surface area contributed by atoms with E-state index >= 15 is 0 Å². The minimum Gasteiger partial charge on any atom is -0.468 e. The van der Waals surface area contributed by atoms with Gasteiger partial charge < -0.3 is 23.7 Å². The number of ether oxygens (including phenoxy) is 5. The largest absolute Gasteiger partial charge is 0.468 e. The molecule has 4 atom stereocenters. The molecule has 0 unspecified atom stereocenters. The molecule has 0 saturated carbocycles. The van der Waals surface area contributed by atoms with Crippen LogP contribution in [0.2, 0.25) is 0 Å². The molecule has 3 rings (SSSR count). The van der Waals surface area contributed by atoms with Gasteiger partial charge in [0.25, 0.3) is 5.90 Å². The summed E-state index contributed by atoms with van der Waals surface area (Å²) in [4.78, 5) is 0. The SMILES string of the molecule is CC1(C)OC[C@H]2O/C(=N\OS(C)(=O)=O)[C@H]3OC(C)(C)O[C@H]3[C@@H]2O1. The van der Waals surface area contributed by atoms with Crippen molar-refractivity contribution in [1.82, 2.24) is 0 Å². The minimum atomic E-state index is -3.76. The van der Waals surface area contributed by atoms with Crippen LogP contribution in [0.1, 0.15) is 27.7 Å². The van der Waals surface area contributed by atoms with Crippen molar-refractivity contribution in [1.29, 1.82) is 0 Å². The highest BCUT2D eigenvalue weighted by molar-refractivity contribution is 7.85. The lowest BCUT2D eigenvalue weighted by molar-refractivity contribution is -0.324. The number of nitrogens with zero attached hydrogens (tertiary/aromatic N) is 1. The quantitative estimate of drug-likeness (QED) is 0.657. The fraction of sp³-hybridized carbons (Fsp3) is 0.923. The minimum absolute atomic E-state index is 0.000781. The van der Waals surface area contributed by atoms with E-state index < -0.39 is 46.1 Å². The maximum Gasteiger partial charge on any atom is 0.325 e. The van der Waals surface area contributed by atoms with Gasteiger partial charge in [0.1, 0.15) is 12.2 Å². The Morgan fingerprint density at radius 3 is 2.39 bits per heavy atom. The molecule has 3 aliphatic rings. The smallest absolute Gasteiger partial charge is 0.325 e. The van der Waals surface area contributed by atoms with Crippen molar-refractivity contribution >= 4 is 16.0 Å². The van der Waals surface area contributed by atoms with E-state index in [0.29, 0.717) is 0 Å². The Morgan fingerprint density at radius 2 is 1.74 bits per heavy atom. The molecule has 0 aromatic rings. The topological polar surface area (TPSA) is 102 Å². The van der Waals surface area contributed by atoms with Crippen LogP contribution < -0.4 is 0 Å². The van der Waals surface area contributed by atoms with E-state index in [2.05, 4.69) is 9.44 Å². The number of hydrogen-bond donors (Lipinski definition) is 0. The molecule has 132 valence electrons. The molecule has 3 aliphatic heterocycles. The van der Waals surface area contributed by atoms with Gasteiger partial charge in [-0.2, -0.15) is 8.42 Å². The van der Waals surface area contributed by atoms with Gasteiger partial charge in [0, 0.05) is 0 Å². The van der Waals surface area contributed by atoms with Crippen LogP contribution in [0.25, 0.3) is 0 Å². The molecule has 3 fully saturated rings. The van der Waals surface area contributed by atoms with Crippen LogP contribution in [0, 0.1) is 0 Å². The lowest BCUT2D eigenvalue weighted by atomic mass is 9.98. The van der Waals surface area contributed by atoms with Gasteiger partial charge in [-0.1, -0.05) is 0 Å². The van der Waals surface area contributed by atoms with E-state index in [4.69, 9.17) is 23.7 Å². The van der Waals surface area contributed by atoms with Gasteiger partial charge in [-0.25, -0.2) is 0 Å². The standard InChI is InChI=1S/C13H21NO8S/c1-12(2)17-6-7-8(19-12)9-10(21-13(3,4)20-9)11(18-7)14-22-23(5,15)16/h7-10H,6H2,1-5H3/b14-11-/t7-,8-,9+,10+/m1/s1. The Labute approximate surface area is 134 Å². The summed E-state index contributed by atoms with van der Waals surface area (Å²) in [6, 6.07) is 0. The molecule has 0 spiro atoms. The van der Waals surface area contributed by atoms with Crippen LogP contribution in [-0.4, -0.2) is 63.2 Å². The van der Waals surface area contributed by atoms with Gasteiger partial charge >= 0.3 is 10.1 Å². The zero-order valence-electron chi connectivity index (χ0n) is 13.6. The first kappa shape index (κ1) is 16.9. The first-order chi connectivity index (χ1) is 10.5. The van der Waals surface area contributed by atoms with E-state index in [-0.39, 0.29) is 12.5 Å². The Balaban J connectivity index is 1.89. The van der Waals surface area contributed by atoms with Gasteiger partial charge in [-0.15, -0.1) is 0 Å². The predicted molar refractivity (Wildman–Crippen MR) is 77.0 cm³/mol. The molecular formula is C13H21NO8S. The first-order valence-corrected chi connectivity index (χ1v) is 9.08. The van der Waals surface area contributed by atoms with Crippen molar-refractivity contribution in [2.24, 2.45) is 5.16 Å². The van der Waals surface area contributed by atoms with Crippen molar-refractivity contribution in [2.75, 3.05) is 12.9 Å². The maximum absolute atomic E-state index is 11.2. The average Bonchev–Trinajstić information content (AvgIpc) is 2.70. The lowest BCUT2D eigenvalue weighted by Crippen LogP contribution is -2.62. The summed E-state index contributed by atoms with van der Waals surface area (Å²) in [7, 11) is -3.76. The Morgan fingerprint density at radius 1 is 1.09 bits per heavy atom. The second-order valence-corrected chi connectivity index (χ2v) is 8.24. The molecule has 3 heterocycles. The van der Waals surface area contributed by atoms with Crippen molar-refractivity contribution in [3.8, 4) is 0 Å². The van der Waals surface area contributed by atoms with Gasteiger partial charge in [0.2, 0.25) is 0 Å². The molecule has 3 saturated heterocycles. The van der Waals surface area contributed by atoms with Crippen molar-refractivity contribution in [2.45, 2.75) is 63.7 Å². The second-order valence-electron chi connectivity index (χ2n) is 6.68. The summed E-state index contributed by atoms with van der Waals surface area (Å²) in [5.74, 6) is -1.66. The van der Waals surface area contributed by atoms with Crippen LogP contribution >= 0.6 is 0 Å². The number of rotatable bonds is 2. The highest BCUT2D eigenvalue weighted by atomic mass is 32.2. The van der Waals surface area contributed by atoms with Crippen LogP contribution in [-0.2, 0) is 38.1 Å². The summed E-state index contributed by atoms with van der Waals surface area (Å²) < 4.78 is 55.7.